The maximum atomic E-state index is 4.46. The van der Waals surface area contributed by atoms with Gasteiger partial charge in [-0.15, -0.1) is 24.4 Å². The van der Waals surface area contributed by atoms with E-state index in [-0.39, 0.29) is 0 Å². The van der Waals surface area contributed by atoms with Gasteiger partial charge in [0, 0.05) is 9.79 Å². The van der Waals surface area contributed by atoms with Crippen molar-refractivity contribution in [3.63, 3.8) is 0 Å². The highest BCUT2D eigenvalue weighted by Gasteiger charge is 2.16. The highest BCUT2D eigenvalue weighted by molar-refractivity contribution is 7.98. The van der Waals surface area contributed by atoms with E-state index in [1.54, 1.807) is 5.56 Å². The minimum atomic E-state index is 1.18. The van der Waals surface area contributed by atoms with E-state index in [0.29, 0.717) is 0 Å². The number of thioether (sulfide) groups is 1. The average Bonchev–Trinajstić information content (AvgIpc) is 2.54. The van der Waals surface area contributed by atoms with Crippen LogP contribution >= 0.6 is 24.4 Å². The molecule has 1 aromatic rings. The molecule has 2 heteroatoms. The maximum absolute atomic E-state index is 4.46. The van der Waals surface area contributed by atoms with Gasteiger partial charge in [-0.2, -0.15) is 0 Å². The van der Waals surface area contributed by atoms with Crippen molar-refractivity contribution < 1.29 is 0 Å². The standard InChI is InChI=1S/C10H12S2/c1-12-10-6-5-9(11)7-3-2-4-8(7)10/h5-6,11H,2-4H2,1H3. The Morgan fingerprint density at radius 2 is 2.00 bits per heavy atom. The van der Waals surface area contributed by atoms with E-state index in [1.165, 1.54) is 34.6 Å². The van der Waals surface area contributed by atoms with Gasteiger partial charge in [0.25, 0.3) is 0 Å². The molecule has 64 valence electrons. The van der Waals surface area contributed by atoms with Crippen LogP contribution in [0.3, 0.4) is 0 Å². The molecule has 0 spiro atoms. The van der Waals surface area contributed by atoms with E-state index in [2.05, 4.69) is 31.0 Å². The van der Waals surface area contributed by atoms with Crippen molar-refractivity contribution in [2.45, 2.75) is 29.1 Å². The quantitative estimate of drug-likeness (QED) is 0.531. The fourth-order valence-corrected chi connectivity index (χ4v) is 2.84. The van der Waals surface area contributed by atoms with Gasteiger partial charge < -0.3 is 0 Å². The van der Waals surface area contributed by atoms with Crippen molar-refractivity contribution in [2.24, 2.45) is 0 Å². The molecule has 0 radical (unpaired) electrons. The summed E-state index contributed by atoms with van der Waals surface area (Å²) in [5.41, 5.74) is 3.04. The zero-order valence-electron chi connectivity index (χ0n) is 7.13. The molecule has 1 aliphatic carbocycles. The third-order valence-corrected chi connectivity index (χ3v) is 3.68. The van der Waals surface area contributed by atoms with Gasteiger partial charge in [-0.25, -0.2) is 0 Å². The monoisotopic (exact) mass is 196 g/mol. The van der Waals surface area contributed by atoms with Gasteiger partial charge in [-0.3, -0.25) is 0 Å². The zero-order chi connectivity index (χ0) is 8.55. The summed E-state index contributed by atoms with van der Waals surface area (Å²) in [6, 6.07) is 4.32. The van der Waals surface area contributed by atoms with Gasteiger partial charge in [0.1, 0.15) is 0 Å². The first kappa shape index (κ1) is 8.52. The number of hydrogen-bond acceptors (Lipinski definition) is 2. The third-order valence-electron chi connectivity index (χ3n) is 2.44. The molecule has 0 nitrogen and oxygen atoms in total. The van der Waals surface area contributed by atoms with E-state index in [9.17, 15) is 0 Å². The summed E-state index contributed by atoms with van der Waals surface area (Å²) < 4.78 is 0. The molecule has 0 fully saturated rings. The molecular formula is C10H12S2. The molecule has 0 bridgehead atoms. The van der Waals surface area contributed by atoms with Gasteiger partial charge in [0.2, 0.25) is 0 Å². The molecule has 0 saturated heterocycles. The Morgan fingerprint density at radius 1 is 1.25 bits per heavy atom. The van der Waals surface area contributed by atoms with Crippen molar-refractivity contribution >= 4 is 24.4 Å². The summed E-state index contributed by atoms with van der Waals surface area (Å²) in [5.74, 6) is 0. The topological polar surface area (TPSA) is 0 Å². The average molecular weight is 196 g/mol. The molecular weight excluding hydrogens is 184 g/mol. The summed E-state index contributed by atoms with van der Waals surface area (Å²) in [7, 11) is 0. The Kier molecular flexibility index (Phi) is 2.37. The number of thiol groups is 1. The van der Waals surface area contributed by atoms with Crippen molar-refractivity contribution in [1.82, 2.24) is 0 Å². The second-order valence-electron chi connectivity index (χ2n) is 3.10. The summed E-state index contributed by atoms with van der Waals surface area (Å²) in [5, 5.41) is 0. The molecule has 0 saturated carbocycles. The van der Waals surface area contributed by atoms with Crippen LogP contribution in [0.15, 0.2) is 21.9 Å². The van der Waals surface area contributed by atoms with Gasteiger partial charge >= 0.3 is 0 Å². The summed E-state index contributed by atoms with van der Waals surface area (Å²) in [4.78, 5) is 2.63. The Morgan fingerprint density at radius 3 is 2.75 bits per heavy atom. The largest absolute Gasteiger partial charge is 0.143 e. The van der Waals surface area contributed by atoms with Crippen LogP contribution in [0.5, 0.6) is 0 Å². The first-order chi connectivity index (χ1) is 5.83. The molecule has 12 heavy (non-hydrogen) atoms. The molecule has 0 heterocycles. The third kappa shape index (κ3) is 1.27. The highest BCUT2D eigenvalue weighted by atomic mass is 32.2. The maximum Gasteiger partial charge on any atom is 0.0105 e. The molecule has 0 amide bonds. The van der Waals surface area contributed by atoms with Crippen LogP contribution in [0, 0.1) is 0 Å². The Balaban J connectivity index is 2.57. The highest BCUT2D eigenvalue weighted by Crippen LogP contribution is 2.34. The summed E-state index contributed by atoms with van der Waals surface area (Å²) >= 11 is 6.31. The minimum absolute atomic E-state index is 1.18. The van der Waals surface area contributed by atoms with Crippen LogP contribution in [0.2, 0.25) is 0 Å². The van der Waals surface area contributed by atoms with Crippen LogP contribution in [-0.4, -0.2) is 6.26 Å². The van der Waals surface area contributed by atoms with Crippen LogP contribution in [0.1, 0.15) is 17.5 Å². The first-order valence-electron chi connectivity index (χ1n) is 4.20. The van der Waals surface area contributed by atoms with E-state index >= 15 is 0 Å². The number of fused-ring (bicyclic) bond motifs is 1. The zero-order valence-corrected chi connectivity index (χ0v) is 8.84. The number of rotatable bonds is 1. The molecule has 0 aliphatic heterocycles. The second kappa shape index (κ2) is 3.35. The molecule has 1 aliphatic rings. The van der Waals surface area contributed by atoms with E-state index in [1.807, 2.05) is 11.8 Å². The SMILES string of the molecule is CSc1ccc(S)c2c1CCC2. The van der Waals surface area contributed by atoms with Crippen molar-refractivity contribution in [3.8, 4) is 0 Å². The van der Waals surface area contributed by atoms with Crippen LogP contribution in [0.4, 0.5) is 0 Å². The van der Waals surface area contributed by atoms with Crippen LogP contribution in [-0.2, 0) is 12.8 Å². The smallest absolute Gasteiger partial charge is 0.0105 e. The van der Waals surface area contributed by atoms with Gasteiger partial charge in [-0.1, -0.05) is 0 Å². The van der Waals surface area contributed by atoms with Crippen molar-refractivity contribution in [3.05, 3.63) is 23.3 Å². The van der Waals surface area contributed by atoms with E-state index < -0.39 is 0 Å². The molecule has 1 aromatic carbocycles. The normalized spacial score (nSPS) is 14.8. The predicted octanol–water partition coefficient (Wildman–Crippen LogP) is 3.19. The lowest BCUT2D eigenvalue weighted by Gasteiger charge is -2.07. The lowest BCUT2D eigenvalue weighted by Crippen LogP contribution is -1.87. The lowest BCUT2D eigenvalue weighted by atomic mass is 10.1. The Labute approximate surface area is 83.2 Å². The molecule has 0 aromatic heterocycles. The Bertz CT molecular complexity index is 305. The summed E-state index contributed by atoms with van der Waals surface area (Å²) in [6.45, 7) is 0. The van der Waals surface area contributed by atoms with Crippen molar-refractivity contribution in [1.29, 1.82) is 0 Å². The molecule has 0 atom stereocenters. The first-order valence-corrected chi connectivity index (χ1v) is 5.88. The van der Waals surface area contributed by atoms with Crippen LogP contribution in [0.25, 0.3) is 0 Å². The number of hydrogen-bond donors (Lipinski definition) is 1. The lowest BCUT2D eigenvalue weighted by molar-refractivity contribution is 0.902. The van der Waals surface area contributed by atoms with Gasteiger partial charge in [-0.05, 0) is 48.8 Å². The van der Waals surface area contributed by atoms with Gasteiger partial charge in [0.15, 0.2) is 0 Å². The summed E-state index contributed by atoms with van der Waals surface area (Å²) in [6.07, 6.45) is 5.93. The van der Waals surface area contributed by atoms with E-state index in [0.717, 1.165) is 0 Å². The minimum Gasteiger partial charge on any atom is -0.143 e. The molecule has 0 unspecified atom stereocenters. The fourth-order valence-electron chi connectivity index (χ4n) is 1.85. The van der Waals surface area contributed by atoms with Gasteiger partial charge in [0.05, 0.1) is 0 Å². The molecule has 0 N–H and O–H groups in total. The van der Waals surface area contributed by atoms with Crippen molar-refractivity contribution in [2.75, 3.05) is 6.26 Å². The Hall–Kier alpha value is -0.0800. The fraction of sp³-hybridized carbons (Fsp3) is 0.400. The van der Waals surface area contributed by atoms with E-state index in [4.69, 9.17) is 0 Å². The van der Waals surface area contributed by atoms with Crippen LogP contribution < -0.4 is 0 Å². The molecule has 2 rings (SSSR count). The predicted molar refractivity (Wildman–Crippen MR) is 57.5 cm³/mol. The second-order valence-corrected chi connectivity index (χ2v) is 4.43. The number of benzene rings is 1.